The van der Waals surface area contributed by atoms with Gasteiger partial charge in [0.1, 0.15) is 22.9 Å². The number of hydrogen-bond acceptors (Lipinski definition) is 15. The van der Waals surface area contributed by atoms with E-state index in [-0.39, 0.29) is 44.7 Å². The smallest absolute Gasteiger partial charge is 0.376 e. The Hall–Kier alpha value is -4.63. The Balaban J connectivity index is 1.35. The van der Waals surface area contributed by atoms with Crippen LogP contribution in [0, 0.1) is 0 Å². The zero-order chi connectivity index (χ0) is 32.1. The van der Waals surface area contributed by atoms with E-state index >= 15 is 0 Å². The lowest BCUT2D eigenvalue weighted by molar-refractivity contribution is -0.631. The van der Waals surface area contributed by atoms with Crippen LogP contribution in [0.1, 0.15) is 18.7 Å². The van der Waals surface area contributed by atoms with Crippen LogP contribution in [0.4, 0.5) is 16.9 Å². The van der Waals surface area contributed by atoms with Gasteiger partial charge in [0.2, 0.25) is 16.4 Å². The molecule has 5 rings (SSSR count). The number of β-lactam (4-membered cyclic amide) rings is 1. The molecule has 0 aromatic carbocycles. The molecule has 0 radical (unpaired) electrons. The van der Waals surface area contributed by atoms with E-state index < -0.39 is 40.8 Å². The van der Waals surface area contributed by atoms with Gasteiger partial charge >= 0.3 is 17.9 Å². The number of aromatic nitrogens is 5. The van der Waals surface area contributed by atoms with Gasteiger partial charge < -0.3 is 37.6 Å². The highest BCUT2D eigenvalue weighted by Crippen LogP contribution is 2.41. The van der Waals surface area contributed by atoms with Crippen LogP contribution in [0.25, 0.3) is 5.65 Å². The summed E-state index contributed by atoms with van der Waals surface area (Å²) in [6.45, 7) is 2.49. The molecule has 2 atom stereocenters. The summed E-state index contributed by atoms with van der Waals surface area (Å²) in [4.78, 5) is 64.9. The lowest BCUT2D eigenvalue weighted by Crippen LogP contribution is -2.71. The molecule has 2 aliphatic heterocycles. The highest BCUT2D eigenvalue weighted by Gasteiger charge is 2.54. The maximum Gasteiger partial charge on any atom is 0.376 e. The second-order valence-electron chi connectivity index (χ2n) is 9.97. The number of carboxylic acid groups (broad SMARTS) is 2. The van der Waals surface area contributed by atoms with Crippen molar-refractivity contribution in [2.75, 3.05) is 28.7 Å². The third kappa shape index (κ3) is 5.55. The van der Waals surface area contributed by atoms with Gasteiger partial charge in [-0.25, -0.2) is 19.1 Å². The Kier molecular flexibility index (Phi) is 8.03. The average Bonchev–Trinajstić information content (AvgIpc) is 3.51. The van der Waals surface area contributed by atoms with Crippen molar-refractivity contribution in [2.45, 2.75) is 36.0 Å². The number of hydrogen-bond donors (Lipinski definition) is 6. The molecule has 5 heterocycles. The molecule has 18 nitrogen and oxygen atoms in total. The Labute approximate surface area is 260 Å². The number of aliphatic carboxylic acids is 2. The van der Waals surface area contributed by atoms with Gasteiger partial charge in [0, 0.05) is 28.9 Å². The van der Waals surface area contributed by atoms with Crippen molar-refractivity contribution in [3.05, 3.63) is 28.4 Å². The fourth-order valence-corrected chi connectivity index (χ4v) is 7.25. The number of thioether (sulfide) groups is 2. The van der Waals surface area contributed by atoms with Crippen LogP contribution in [0.3, 0.4) is 0 Å². The normalized spacial score (nSPS) is 18.7. The second-order valence-corrected chi connectivity index (χ2v) is 13.1. The monoisotopic (exact) mass is 664 g/mol. The summed E-state index contributed by atoms with van der Waals surface area (Å²) in [5.41, 5.74) is 16.3. The fraction of sp³-hybridized carbons (Fsp3) is 0.348. The molecule has 0 aliphatic carbocycles. The molecule has 0 spiro atoms. The molecule has 0 saturated carbocycles. The molecule has 21 heteroatoms. The molecule has 9 N–H and O–H groups in total. The topological polar surface area (TPSA) is 271 Å². The Morgan fingerprint density at radius 1 is 1.30 bits per heavy atom. The predicted octanol–water partition coefficient (Wildman–Crippen LogP) is -1.13. The fourth-order valence-electron chi connectivity index (χ4n) is 4.14. The number of anilines is 3. The van der Waals surface area contributed by atoms with Crippen molar-refractivity contribution in [2.24, 2.45) is 12.2 Å². The van der Waals surface area contributed by atoms with Gasteiger partial charge in [-0.15, -0.1) is 11.8 Å². The molecule has 3 aromatic rings. The van der Waals surface area contributed by atoms with E-state index in [1.165, 1.54) is 48.1 Å². The Morgan fingerprint density at radius 3 is 2.66 bits per heavy atom. The first-order valence-corrected chi connectivity index (χ1v) is 15.4. The number of nitrogen functional groups attached to an aromatic ring is 3. The molecule has 3 aromatic heterocycles. The van der Waals surface area contributed by atoms with E-state index in [9.17, 15) is 29.4 Å². The van der Waals surface area contributed by atoms with Gasteiger partial charge in [0.25, 0.3) is 11.8 Å². The number of fused-ring (bicyclic) bond motifs is 2. The molecule has 1 fully saturated rings. The number of aryl methyl sites for hydroxylation is 1. The molecule has 2 unspecified atom stereocenters. The summed E-state index contributed by atoms with van der Waals surface area (Å²) in [7, 11) is 1.71. The van der Waals surface area contributed by atoms with Crippen LogP contribution in [0.5, 0.6) is 0 Å². The van der Waals surface area contributed by atoms with Gasteiger partial charge in [0.05, 0.1) is 11.9 Å². The Bertz CT molecular complexity index is 1780. The summed E-state index contributed by atoms with van der Waals surface area (Å²) in [6, 6.07) is 0.504. The predicted molar refractivity (Wildman–Crippen MR) is 159 cm³/mol. The number of carbonyl (C=O) groups is 4. The van der Waals surface area contributed by atoms with E-state index in [1.54, 1.807) is 17.7 Å². The zero-order valence-electron chi connectivity index (χ0n) is 23.2. The SMILES string of the molecule is C[n+]1c(N)nn2c(SCC3=C(C(=O)O)N4C(=O)C(NC(=O)/C(=N\OC(C)(C)C(=O)O)c5cnc(N)s5)C4SC3)nc(N)cc21. The third-order valence-corrected chi connectivity index (χ3v) is 9.74. The summed E-state index contributed by atoms with van der Waals surface area (Å²) in [5, 5.41) is 29.7. The van der Waals surface area contributed by atoms with E-state index in [0.717, 1.165) is 16.2 Å². The average molecular weight is 665 g/mol. The minimum Gasteiger partial charge on any atom is -0.478 e. The zero-order valence-corrected chi connectivity index (χ0v) is 25.7. The van der Waals surface area contributed by atoms with Crippen molar-refractivity contribution < 1.29 is 38.8 Å². The summed E-state index contributed by atoms with van der Waals surface area (Å²) >= 11 is 3.35. The second kappa shape index (κ2) is 11.5. The molecule has 1 saturated heterocycles. The van der Waals surface area contributed by atoms with E-state index in [1.807, 2.05) is 0 Å². The number of rotatable bonds is 10. The van der Waals surface area contributed by atoms with E-state index in [2.05, 4.69) is 25.5 Å². The molecule has 2 aliphatic rings. The van der Waals surface area contributed by atoms with E-state index in [0.29, 0.717) is 16.4 Å². The van der Waals surface area contributed by atoms with Crippen molar-refractivity contribution in [3.8, 4) is 0 Å². The number of carbonyl (C=O) groups excluding carboxylic acids is 2. The highest BCUT2D eigenvalue weighted by molar-refractivity contribution is 8.01. The first kappa shape index (κ1) is 30.8. The number of carboxylic acids is 2. The maximum absolute atomic E-state index is 13.3. The maximum atomic E-state index is 13.3. The van der Waals surface area contributed by atoms with Gasteiger partial charge in [0.15, 0.2) is 10.8 Å². The van der Waals surface area contributed by atoms with Crippen molar-refractivity contribution in [1.29, 1.82) is 0 Å². The number of nitrogens with one attached hydrogen (secondary N) is 1. The molecule has 2 amide bonds. The molecule has 0 bridgehead atoms. The number of thiazole rings is 1. The summed E-state index contributed by atoms with van der Waals surface area (Å²) in [5.74, 6) is -3.32. The van der Waals surface area contributed by atoms with Crippen LogP contribution in [0.2, 0.25) is 0 Å². The minimum atomic E-state index is -1.77. The molecule has 232 valence electrons. The first-order chi connectivity index (χ1) is 20.7. The largest absolute Gasteiger partial charge is 0.478 e. The van der Waals surface area contributed by atoms with Gasteiger partial charge in [-0.1, -0.05) is 32.8 Å². The molecular formula is C23H26N11O7S3+. The van der Waals surface area contributed by atoms with Crippen molar-refractivity contribution in [3.63, 3.8) is 0 Å². The number of oxime groups is 1. The number of amides is 2. The van der Waals surface area contributed by atoms with Crippen LogP contribution >= 0.6 is 34.9 Å². The number of nitrogens with two attached hydrogens (primary N) is 3. The van der Waals surface area contributed by atoms with Crippen LogP contribution in [-0.4, -0.2) is 92.7 Å². The summed E-state index contributed by atoms with van der Waals surface area (Å²) in [6.07, 6.45) is 1.26. The minimum absolute atomic E-state index is 0.118. The van der Waals surface area contributed by atoms with Gasteiger partial charge in [-0.3, -0.25) is 14.5 Å². The van der Waals surface area contributed by atoms with Crippen molar-refractivity contribution in [1.82, 2.24) is 29.8 Å². The van der Waals surface area contributed by atoms with Gasteiger partial charge in [-0.2, -0.15) is 4.98 Å². The number of nitrogens with zero attached hydrogens (tertiary/aromatic N) is 7. The van der Waals surface area contributed by atoms with Crippen LogP contribution < -0.4 is 27.1 Å². The van der Waals surface area contributed by atoms with Crippen LogP contribution in [0.15, 0.2) is 33.8 Å². The highest BCUT2D eigenvalue weighted by atomic mass is 32.2. The quantitative estimate of drug-likeness (QED) is 0.0374. The lowest BCUT2D eigenvalue weighted by atomic mass is 10.0. The van der Waals surface area contributed by atoms with Gasteiger partial charge in [-0.05, 0) is 19.4 Å². The van der Waals surface area contributed by atoms with Crippen LogP contribution in [-0.2, 0) is 31.1 Å². The lowest BCUT2D eigenvalue weighted by Gasteiger charge is -2.49. The third-order valence-electron chi connectivity index (χ3n) is 6.55. The first-order valence-electron chi connectivity index (χ1n) is 12.5. The Morgan fingerprint density at radius 2 is 2.02 bits per heavy atom. The molecular weight excluding hydrogens is 639 g/mol. The standard InChI is InChI=1S/C23H25N11O7S3/c1-23(2,19(39)40)41-31-12(9-5-27-21(26)44-9)15(35)29-13-16(36)33-14(18(37)38)8(6-42-17(13)33)7-43-22-28-10(24)4-11-32(3)20(25)30-34(11)22/h4-5,13,17,24H,6-7H2,1-3H3,(H7,25,26,27,29,30,31,35,37,38,39,40)/p+1. The summed E-state index contributed by atoms with van der Waals surface area (Å²) < 4.78 is 3.12. The molecule has 44 heavy (non-hydrogen) atoms. The van der Waals surface area contributed by atoms with Crippen molar-refractivity contribution >= 4 is 86.9 Å². The van der Waals surface area contributed by atoms with E-state index in [4.69, 9.17) is 22.0 Å².